The lowest BCUT2D eigenvalue weighted by atomic mass is 9.86. The van der Waals surface area contributed by atoms with Gasteiger partial charge in [-0.1, -0.05) is 46.2 Å². The number of halogens is 3. The minimum Gasteiger partial charge on any atom is -0.367 e. The molecule has 6 heteroatoms. The molecule has 0 amide bonds. The Morgan fingerprint density at radius 3 is 2.81 bits per heavy atom. The summed E-state index contributed by atoms with van der Waals surface area (Å²) in [5.74, 6) is 0. The van der Waals surface area contributed by atoms with E-state index in [1.54, 1.807) is 0 Å². The highest BCUT2D eigenvalue weighted by Gasteiger charge is 2.48. The summed E-state index contributed by atoms with van der Waals surface area (Å²) in [4.78, 5) is 0. The van der Waals surface area contributed by atoms with Crippen molar-refractivity contribution >= 4 is 40.7 Å². The van der Waals surface area contributed by atoms with Crippen LogP contribution in [0.4, 0.5) is 0 Å². The van der Waals surface area contributed by atoms with Crippen molar-refractivity contribution in [3.8, 4) is 0 Å². The zero-order valence-electron chi connectivity index (χ0n) is 12.0. The lowest BCUT2D eigenvalue weighted by Gasteiger charge is -2.30. The normalized spacial score (nSPS) is 27.8. The van der Waals surface area contributed by atoms with Gasteiger partial charge in [-0.3, -0.25) is 0 Å². The second-order valence-corrected chi connectivity index (χ2v) is 10.3. The lowest BCUT2D eigenvalue weighted by molar-refractivity contribution is -0.0102. The van der Waals surface area contributed by atoms with Gasteiger partial charge in [0.25, 0.3) is 0 Å². The van der Waals surface area contributed by atoms with Crippen molar-refractivity contribution in [3.63, 3.8) is 0 Å². The van der Waals surface area contributed by atoms with E-state index in [2.05, 4.69) is 24.4 Å². The molecular formula is C15H19Cl3NOP. The molecule has 2 aliphatic heterocycles. The average molecular weight is 367 g/mol. The van der Waals surface area contributed by atoms with Crippen LogP contribution in [-0.2, 0) is 16.8 Å². The van der Waals surface area contributed by atoms with Crippen molar-refractivity contribution in [1.29, 1.82) is 0 Å². The van der Waals surface area contributed by atoms with Crippen LogP contribution >= 0.6 is 40.7 Å². The van der Waals surface area contributed by atoms with Crippen LogP contribution in [0.2, 0.25) is 5.02 Å². The number of rotatable bonds is 5. The van der Waals surface area contributed by atoms with Crippen LogP contribution < -0.4 is 5.32 Å². The van der Waals surface area contributed by atoms with E-state index >= 15 is 0 Å². The van der Waals surface area contributed by atoms with E-state index in [9.17, 15) is 0 Å². The van der Waals surface area contributed by atoms with E-state index in [-0.39, 0.29) is 5.60 Å². The highest BCUT2D eigenvalue weighted by atomic mass is 35.9. The molecule has 2 bridgehead atoms. The third-order valence-electron chi connectivity index (χ3n) is 4.49. The number of morpholine rings is 1. The molecule has 0 radical (unpaired) electrons. The van der Waals surface area contributed by atoms with E-state index in [4.69, 9.17) is 38.8 Å². The molecule has 3 rings (SSSR count). The van der Waals surface area contributed by atoms with Crippen LogP contribution in [0.15, 0.2) is 12.1 Å². The molecule has 1 N–H and O–H groups in total. The van der Waals surface area contributed by atoms with Gasteiger partial charge in [-0.2, -0.15) is 0 Å². The molecule has 2 aliphatic rings. The predicted molar refractivity (Wildman–Crippen MR) is 92.0 cm³/mol. The third kappa shape index (κ3) is 3.22. The molecule has 116 valence electrons. The predicted octanol–water partition coefficient (Wildman–Crippen LogP) is 4.96. The summed E-state index contributed by atoms with van der Waals surface area (Å²) in [6.45, 7) is 2.83. The quantitative estimate of drug-likeness (QED) is 0.744. The first-order valence-corrected chi connectivity index (χ1v) is 11.0. The standard InChI is InChI=1S/C15H19Cl3NOP/c1-10-4-5-13(15-7-11(8-20-15)19-9-15)12(14(10)16)3-2-6-21(17)18/h4-5,11,19H,2-3,6-9H2,1H3. The molecule has 2 nitrogen and oxygen atoms in total. The van der Waals surface area contributed by atoms with Gasteiger partial charge in [-0.25, -0.2) is 0 Å². The molecule has 2 heterocycles. The van der Waals surface area contributed by atoms with Crippen molar-refractivity contribution in [2.75, 3.05) is 19.3 Å². The minimum atomic E-state index is -0.884. The number of aryl methyl sites for hydroxylation is 1. The number of ether oxygens (including phenoxy) is 1. The Morgan fingerprint density at radius 1 is 1.43 bits per heavy atom. The summed E-state index contributed by atoms with van der Waals surface area (Å²) in [6.07, 6.45) is 3.75. The van der Waals surface area contributed by atoms with Gasteiger partial charge in [-0.15, -0.1) is 0 Å². The molecule has 0 saturated carbocycles. The summed E-state index contributed by atoms with van der Waals surface area (Å²) in [6, 6.07) is 4.77. The summed E-state index contributed by atoms with van der Waals surface area (Å²) in [7, 11) is 0. The molecule has 0 aliphatic carbocycles. The molecule has 2 unspecified atom stereocenters. The molecule has 0 aromatic heterocycles. The molecule has 1 aromatic carbocycles. The van der Waals surface area contributed by atoms with Crippen LogP contribution in [0, 0.1) is 6.92 Å². The summed E-state index contributed by atoms with van der Waals surface area (Å²) in [5, 5.41) is 4.39. The first-order valence-electron chi connectivity index (χ1n) is 7.27. The van der Waals surface area contributed by atoms with Gasteiger partial charge < -0.3 is 10.1 Å². The average Bonchev–Trinajstić information content (AvgIpc) is 3.04. The van der Waals surface area contributed by atoms with Crippen molar-refractivity contribution in [3.05, 3.63) is 33.8 Å². The Kier molecular flexibility index (Phi) is 5.06. The largest absolute Gasteiger partial charge is 0.367 e. The number of benzene rings is 1. The van der Waals surface area contributed by atoms with E-state index in [1.807, 2.05) is 0 Å². The Balaban J connectivity index is 1.90. The van der Waals surface area contributed by atoms with Gasteiger partial charge in [0.15, 0.2) is 0 Å². The van der Waals surface area contributed by atoms with E-state index in [1.165, 1.54) is 11.1 Å². The summed E-state index contributed by atoms with van der Waals surface area (Å²) < 4.78 is 6.12. The molecule has 2 saturated heterocycles. The Bertz CT molecular complexity index is 530. The summed E-state index contributed by atoms with van der Waals surface area (Å²) >= 11 is 18.4. The molecule has 1 aromatic rings. The fourth-order valence-electron chi connectivity index (χ4n) is 3.41. The van der Waals surface area contributed by atoms with Gasteiger partial charge in [0.2, 0.25) is 0 Å². The zero-order valence-corrected chi connectivity index (χ0v) is 15.1. The Labute approximate surface area is 141 Å². The van der Waals surface area contributed by atoms with E-state index in [0.29, 0.717) is 6.04 Å². The van der Waals surface area contributed by atoms with Crippen LogP contribution in [0.5, 0.6) is 0 Å². The van der Waals surface area contributed by atoms with Gasteiger partial charge in [0.1, 0.15) is 5.60 Å². The SMILES string of the molecule is Cc1ccc(C23CNC(CO2)C3)c(CCCP(Cl)Cl)c1Cl. The van der Waals surface area contributed by atoms with E-state index < -0.39 is 6.63 Å². The lowest BCUT2D eigenvalue weighted by Crippen LogP contribution is -2.38. The van der Waals surface area contributed by atoms with Crippen molar-refractivity contribution in [2.24, 2.45) is 0 Å². The maximum atomic E-state index is 6.59. The highest BCUT2D eigenvalue weighted by Crippen LogP contribution is 2.48. The topological polar surface area (TPSA) is 21.3 Å². The number of hydrogen-bond donors (Lipinski definition) is 1. The summed E-state index contributed by atoms with van der Waals surface area (Å²) in [5.41, 5.74) is 3.39. The minimum absolute atomic E-state index is 0.190. The number of hydrogen-bond acceptors (Lipinski definition) is 2. The van der Waals surface area contributed by atoms with Gasteiger partial charge in [0.05, 0.1) is 13.2 Å². The molecule has 21 heavy (non-hydrogen) atoms. The maximum Gasteiger partial charge on any atom is 0.107 e. The highest BCUT2D eigenvalue weighted by molar-refractivity contribution is 8.03. The van der Waals surface area contributed by atoms with Crippen LogP contribution in [0.25, 0.3) is 0 Å². The van der Waals surface area contributed by atoms with Crippen molar-refractivity contribution < 1.29 is 4.74 Å². The first-order chi connectivity index (χ1) is 10.0. The van der Waals surface area contributed by atoms with Crippen LogP contribution in [0.3, 0.4) is 0 Å². The molecule has 2 atom stereocenters. The van der Waals surface area contributed by atoms with Gasteiger partial charge >= 0.3 is 0 Å². The molecular weight excluding hydrogens is 348 g/mol. The van der Waals surface area contributed by atoms with Gasteiger partial charge in [0, 0.05) is 17.6 Å². The smallest absolute Gasteiger partial charge is 0.107 e. The van der Waals surface area contributed by atoms with E-state index in [0.717, 1.165) is 49.2 Å². The second kappa shape index (κ2) is 6.51. The molecule has 2 fully saturated rings. The molecule has 0 spiro atoms. The second-order valence-electron chi connectivity index (χ2n) is 5.94. The monoisotopic (exact) mass is 365 g/mol. The van der Waals surface area contributed by atoms with Crippen molar-refractivity contribution in [1.82, 2.24) is 5.32 Å². The number of fused-ring (bicyclic) bond motifs is 2. The van der Waals surface area contributed by atoms with Crippen molar-refractivity contribution in [2.45, 2.75) is 37.8 Å². The van der Waals surface area contributed by atoms with Crippen LogP contribution in [-0.4, -0.2) is 25.4 Å². The van der Waals surface area contributed by atoms with Gasteiger partial charge in [-0.05, 0) is 49.0 Å². The Morgan fingerprint density at radius 2 is 2.24 bits per heavy atom. The Hall–Kier alpha value is 0.440. The fraction of sp³-hybridized carbons (Fsp3) is 0.600. The zero-order chi connectivity index (χ0) is 15.0. The number of nitrogens with one attached hydrogen (secondary N) is 1. The fourth-order valence-corrected chi connectivity index (χ4v) is 4.78. The third-order valence-corrected chi connectivity index (χ3v) is 6.69. The van der Waals surface area contributed by atoms with Crippen LogP contribution in [0.1, 0.15) is 29.5 Å². The maximum absolute atomic E-state index is 6.59. The first kappa shape index (κ1) is 16.3.